The van der Waals surface area contributed by atoms with Crippen molar-refractivity contribution in [2.24, 2.45) is 5.14 Å². The van der Waals surface area contributed by atoms with Gasteiger partial charge in [-0.15, -0.1) is 0 Å². The molecule has 2 aromatic carbocycles. The first-order chi connectivity index (χ1) is 15.4. The first kappa shape index (κ1) is 22.9. The highest BCUT2D eigenvalue weighted by atomic mass is 32.2. The first-order valence-corrected chi connectivity index (χ1v) is 12.7. The summed E-state index contributed by atoms with van der Waals surface area (Å²) in [5.74, 6) is -0.315. The van der Waals surface area contributed by atoms with E-state index in [-0.39, 0.29) is 17.0 Å². The van der Waals surface area contributed by atoms with Crippen LogP contribution in [0.25, 0.3) is 33.5 Å². The summed E-state index contributed by atoms with van der Waals surface area (Å²) in [6.07, 6.45) is 0. The van der Waals surface area contributed by atoms with Crippen LogP contribution in [0.1, 0.15) is 13.8 Å². The monoisotopic (exact) mass is 493 g/mol. The second-order valence-electron chi connectivity index (χ2n) is 7.12. The minimum Gasteiger partial charge on any atom is -0.436 e. The van der Waals surface area contributed by atoms with Gasteiger partial charge in [0.15, 0.2) is 5.58 Å². The standard InChI is InChI=1S/C20H19N3O8S2/c1-3-23(4-2)12-6-5-11-9-13(20(24)31-15(11)10-12)19-22-17-14(30-19)7-8-16(32(21,25)26)18(17)33(27,28)29/h5-10H,3-4H2,1-2H3,(H2,21,25,26)(H,27,28,29). The van der Waals surface area contributed by atoms with Crippen LogP contribution in [0, 0.1) is 0 Å². The molecule has 0 bridgehead atoms. The maximum Gasteiger partial charge on any atom is 0.349 e. The van der Waals surface area contributed by atoms with E-state index in [2.05, 4.69) is 9.88 Å². The van der Waals surface area contributed by atoms with Crippen molar-refractivity contribution in [3.63, 3.8) is 0 Å². The molecule has 0 aliphatic heterocycles. The van der Waals surface area contributed by atoms with E-state index in [1.165, 1.54) is 6.07 Å². The summed E-state index contributed by atoms with van der Waals surface area (Å²) in [4.78, 5) is 16.8. The van der Waals surface area contributed by atoms with Crippen LogP contribution in [0.15, 0.2) is 59.8 Å². The summed E-state index contributed by atoms with van der Waals surface area (Å²) in [7, 11) is -9.58. The second kappa shape index (κ2) is 7.95. The van der Waals surface area contributed by atoms with E-state index in [0.29, 0.717) is 11.0 Å². The second-order valence-corrected chi connectivity index (χ2v) is 10.0. The normalized spacial score (nSPS) is 12.5. The molecule has 0 spiro atoms. The highest BCUT2D eigenvalue weighted by Crippen LogP contribution is 2.32. The number of primary sulfonamides is 1. The number of hydrogen-bond acceptors (Lipinski definition) is 9. The molecule has 2 aromatic heterocycles. The maximum atomic E-state index is 12.7. The number of nitrogens with two attached hydrogens (primary N) is 1. The predicted molar refractivity (Wildman–Crippen MR) is 120 cm³/mol. The summed E-state index contributed by atoms with van der Waals surface area (Å²) in [5, 5.41) is 5.63. The number of nitrogens with zero attached hydrogens (tertiary/aromatic N) is 2. The highest BCUT2D eigenvalue weighted by Gasteiger charge is 2.29. The molecule has 0 aliphatic rings. The van der Waals surface area contributed by atoms with E-state index in [4.69, 9.17) is 14.0 Å². The molecule has 0 amide bonds. The van der Waals surface area contributed by atoms with Crippen molar-refractivity contribution in [3.05, 3.63) is 46.8 Å². The summed E-state index contributed by atoms with van der Waals surface area (Å²) in [6, 6.07) is 8.80. The Morgan fingerprint density at radius 1 is 1.00 bits per heavy atom. The molecule has 174 valence electrons. The van der Waals surface area contributed by atoms with E-state index >= 15 is 0 Å². The summed E-state index contributed by atoms with van der Waals surface area (Å²) in [5.41, 5.74) is -0.381. The molecule has 3 N–H and O–H groups in total. The number of rotatable bonds is 6. The lowest BCUT2D eigenvalue weighted by Gasteiger charge is -2.20. The molecule has 33 heavy (non-hydrogen) atoms. The quantitative estimate of drug-likeness (QED) is 0.300. The molecule has 0 aliphatic carbocycles. The molecule has 4 rings (SSSR count). The fraction of sp³-hybridized carbons (Fsp3) is 0.200. The smallest absolute Gasteiger partial charge is 0.349 e. The molecule has 11 nitrogen and oxygen atoms in total. The van der Waals surface area contributed by atoms with Crippen molar-refractivity contribution in [1.82, 2.24) is 4.98 Å². The number of sulfonamides is 1. The third-order valence-corrected chi connectivity index (χ3v) is 7.13. The van der Waals surface area contributed by atoms with E-state index in [1.807, 2.05) is 19.9 Å². The van der Waals surface area contributed by atoms with Gasteiger partial charge in [-0.3, -0.25) is 4.55 Å². The van der Waals surface area contributed by atoms with Gasteiger partial charge in [-0.05, 0) is 44.2 Å². The van der Waals surface area contributed by atoms with Crippen molar-refractivity contribution in [3.8, 4) is 11.5 Å². The number of anilines is 1. The zero-order valence-electron chi connectivity index (χ0n) is 17.5. The molecule has 13 heteroatoms. The van der Waals surface area contributed by atoms with Crippen LogP contribution in [-0.4, -0.2) is 39.5 Å². The first-order valence-electron chi connectivity index (χ1n) is 9.71. The van der Waals surface area contributed by atoms with E-state index < -0.39 is 41.1 Å². The van der Waals surface area contributed by atoms with Crippen LogP contribution in [0.3, 0.4) is 0 Å². The molecular weight excluding hydrogens is 474 g/mol. The maximum absolute atomic E-state index is 12.7. The van der Waals surface area contributed by atoms with Gasteiger partial charge in [0.05, 0.1) is 0 Å². The van der Waals surface area contributed by atoms with Gasteiger partial charge in [0.1, 0.15) is 26.5 Å². The molecule has 0 saturated heterocycles. The van der Waals surface area contributed by atoms with Gasteiger partial charge in [-0.25, -0.2) is 23.3 Å². The minimum atomic E-state index is -5.06. The fourth-order valence-electron chi connectivity index (χ4n) is 3.57. The third-order valence-electron chi connectivity index (χ3n) is 5.12. The van der Waals surface area contributed by atoms with Crippen LogP contribution < -0.4 is 15.7 Å². The van der Waals surface area contributed by atoms with E-state index in [1.54, 1.807) is 12.1 Å². The Balaban J connectivity index is 1.94. The number of fused-ring (bicyclic) bond motifs is 2. The van der Waals surface area contributed by atoms with Crippen molar-refractivity contribution in [2.75, 3.05) is 18.0 Å². The molecule has 4 aromatic rings. The lowest BCUT2D eigenvalue weighted by molar-refractivity contribution is 0.480. The fourth-order valence-corrected chi connectivity index (χ4v) is 5.56. The zero-order valence-corrected chi connectivity index (χ0v) is 19.1. The highest BCUT2D eigenvalue weighted by molar-refractivity contribution is 7.91. The van der Waals surface area contributed by atoms with E-state index in [0.717, 1.165) is 30.9 Å². The van der Waals surface area contributed by atoms with Gasteiger partial charge in [-0.2, -0.15) is 8.42 Å². The number of hydrogen-bond donors (Lipinski definition) is 2. The number of benzene rings is 2. The van der Waals surface area contributed by atoms with Gasteiger partial charge in [0, 0.05) is 30.2 Å². The van der Waals surface area contributed by atoms with Crippen molar-refractivity contribution in [2.45, 2.75) is 23.6 Å². The van der Waals surface area contributed by atoms with Crippen molar-refractivity contribution < 1.29 is 30.2 Å². The van der Waals surface area contributed by atoms with Gasteiger partial charge in [-0.1, -0.05) is 0 Å². The Labute approximate surface area is 188 Å². The Morgan fingerprint density at radius 3 is 2.30 bits per heavy atom. The SMILES string of the molecule is CCN(CC)c1ccc2cc(-c3nc4c(S(=O)(=O)O)c(S(N)(=O)=O)ccc4o3)c(=O)oc2c1. The van der Waals surface area contributed by atoms with Crippen LogP contribution in [0.5, 0.6) is 0 Å². The van der Waals surface area contributed by atoms with Crippen LogP contribution in [-0.2, 0) is 20.1 Å². The zero-order chi connectivity index (χ0) is 24.1. The predicted octanol–water partition coefficient (Wildman–Crippen LogP) is 2.34. The van der Waals surface area contributed by atoms with Crippen molar-refractivity contribution in [1.29, 1.82) is 0 Å². The largest absolute Gasteiger partial charge is 0.436 e. The van der Waals surface area contributed by atoms with Gasteiger partial charge in [0.25, 0.3) is 10.1 Å². The van der Waals surface area contributed by atoms with Crippen LogP contribution in [0.4, 0.5) is 5.69 Å². The van der Waals surface area contributed by atoms with Crippen LogP contribution in [0.2, 0.25) is 0 Å². The summed E-state index contributed by atoms with van der Waals surface area (Å²) >= 11 is 0. The lowest BCUT2D eigenvalue weighted by atomic mass is 10.1. The Hall–Kier alpha value is -3.26. The summed E-state index contributed by atoms with van der Waals surface area (Å²) in [6.45, 7) is 5.54. The Morgan fingerprint density at radius 2 is 1.70 bits per heavy atom. The topological polar surface area (TPSA) is 174 Å². The third kappa shape index (κ3) is 4.11. The molecule has 2 heterocycles. The molecule has 0 atom stereocenters. The average molecular weight is 494 g/mol. The molecule has 0 radical (unpaired) electrons. The average Bonchev–Trinajstić information content (AvgIpc) is 3.15. The Bertz CT molecular complexity index is 1670. The van der Waals surface area contributed by atoms with Gasteiger partial charge in [0.2, 0.25) is 15.9 Å². The van der Waals surface area contributed by atoms with Gasteiger partial charge < -0.3 is 13.7 Å². The molecule has 0 unspecified atom stereocenters. The molecular formula is C20H19N3O8S2. The molecule has 0 saturated carbocycles. The van der Waals surface area contributed by atoms with E-state index in [9.17, 15) is 26.2 Å². The van der Waals surface area contributed by atoms with Crippen molar-refractivity contribution >= 4 is 47.9 Å². The Kier molecular flexibility index (Phi) is 5.52. The minimum absolute atomic E-state index is 0.118. The number of aromatic nitrogens is 1. The van der Waals surface area contributed by atoms with Crippen LogP contribution >= 0.6 is 0 Å². The van der Waals surface area contributed by atoms with Gasteiger partial charge >= 0.3 is 5.63 Å². The summed E-state index contributed by atoms with van der Waals surface area (Å²) < 4.78 is 68.0. The molecule has 0 fully saturated rings. The lowest BCUT2D eigenvalue weighted by Crippen LogP contribution is -2.21. The number of oxazole rings is 1.